The van der Waals surface area contributed by atoms with Gasteiger partial charge in [-0.2, -0.15) is 0 Å². The van der Waals surface area contributed by atoms with Gasteiger partial charge in [-0.05, 0) is 54.4 Å². The summed E-state index contributed by atoms with van der Waals surface area (Å²) in [6.45, 7) is 6.21. The molecule has 1 aromatic heterocycles. The lowest BCUT2D eigenvalue weighted by Gasteiger charge is -2.19. The number of hydrogen-bond donors (Lipinski definition) is 1. The number of nitrogens with zero attached hydrogens (tertiary/aromatic N) is 1. The number of thiazole rings is 1. The molecule has 2 rings (SSSR count). The van der Waals surface area contributed by atoms with Crippen molar-refractivity contribution in [1.29, 1.82) is 0 Å². The average molecular weight is 343 g/mol. The summed E-state index contributed by atoms with van der Waals surface area (Å²) in [5, 5.41) is 4.55. The molecule has 0 fully saturated rings. The summed E-state index contributed by atoms with van der Waals surface area (Å²) in [6, 6.07) is 5.41. The first-order valence-electron chi connectivity index (χ1n) is 6.10. The average Bonchev–Trinajstić information content (AvgIpc) is 2.79. The van der Waals surface area contributed by atoms with Crippen LogP contribution in [0.4, 0.5) is 4.39 Å². The van der Waals surface area contributed by atoms with Crippen molar-refractivity contribution >= 4 is 27.3 Å². The third-order valence-corrected chi connectivity index (χ3v) is 4.66. The lowest BCUT2D eigenvalue weighted by Crippen LogP contribution is -2.22. The van der Waals surface area contributed by atoms with Gasteiger partial charge in [-0.1, -0.05) is 6.07 Å². The van der Waals surface area contributed by atoms with Gasteiger partial charge in [0.2, 0.25) is 0 Å². The summed E-state index contributed by atoms with van der Waals surface area (Å²) < 4.78 is 13.7. The van der Waals surface area contributed by atoms with Crippen molar-refractivity contribution < 1.29 is 4.39 Å². The molecule has 2 atom stereocenters. The van der Waals surface area contributed by atoms with Crippen LogP contribution in [-0.4, -0.2) is 4.98 Å². The quantitative estimate of drug-likeness (QED) is 0.865. The molecule has 1 aromatic carbocycles. The van der Waals surface area contributed by atoms with Crippen LogP contribution < -0.4 is 5.32 Å². The molecule has 1 heterocycles. The van der Waals surface area contributed by atoms with Crippen LogP contribution in [0, 0.1) is 12.7 Å². The summed E-state index contributed by atoms with van der Waals surface area (Å²) in [4.78, 5) is 5.59. The van der Waals surface area contributed by atoms with E-state index in [-0.39, 0.29) is 17.9 Å². The first-order chi connectivity index (χ1) is 8.97. The van der Waals surface area contributed by atoms with Gasteiger partial charge in [0.25, 0.3) is 0 Å². The van der Waals surface area contributed by atoms with Crippen molar-refractivity contribution in [2.24, 2.45) is 0 Å². The van der Waals surface area contributed by atoms with Gasteiger partial charge in [-0.3, -0.25) is 0 Å². The fraction of sp³-hybridized carbons (Fsp3) is 0.357. The van der Waals surface area contributed by atoms with E-state index in [1.807, 2.05) is 19.2 Å². The number of hydrogen-bond acceptors (Lipinski definition) is 3. The molecule has 0 saturated carbocycles. The van der Waals surface area contributed by atoms with E-state index >= 15 is 0 Å². The van der Waals surface area contributed by atoms with Crippen molar-refractivity contribution in [3.8, 4) is 0 Å². The summed E-state index contributed by atoms with van der Waals surface area (Å²) in [6.07, 6.45) is 1.89. The molecule has 0 aliphatic rings. The highest BCUT2D eigenvalue weighted by atomic mass is 79.9. The minimum absolute atomic E-state index is 0.135. The van der Waals surface area contributed by atoms with Gasteiger partial charge in [0.15, 0.2) is 0 Å². The molecule has 0 amide bonds. The van der Waals surface area contributed by atoms with Crippen LogP contribution in [0.15, 0.2) is 28.9 Å². The fourth-order valence-corrected chi connectivity index (χ4v) is 3.08. The molecule has 0 aliphatic heterocycles. The third-order valence-electron chi connectivity index (χ3n) is 2.95. The van der Waals surface area contributed by atoms with Crippen LogP contribution >= 0.6 is 27.3 Å². The Morgan fingerprint density at radius 1 is 1.32 bits per heavy atom. The van der Waals surface area contributed by atoms with E-state index in [4.69, 9.17) is 0 Å². The van der Waals surface area contributed by atoms with Crippen LogP contribution in [0.3, 0.4) is 0 Å². The van der Waals surface area contributed by atoms with Crippen LogP contribution in [0.1, 0.15) is 41.4 Å². The third kappa shape index (κ3) is 3.61. The van der Waals surface area contributed by atoms with Crippen molar-refractivity contribution in [3.63, 3.8) is 0 Å². The molecule has 2 aromatic rings. The van der Waals surface area contributed by atoms with Gasteiger partial charge in [-0.15, -0.1) is 11.3 Å². The lowest BCUT2D eigenvalue weighted by molar-refractivity contribution is 0.492. The van der Waals surface area contributed by atoms with Crippen molar-refractivity contribution in [1.82, 2.24) is 10.3 Å². The Kier molecular flexibility index (Phi) is 4.71. The molecule has 19 heavy (non-hydrogen) atoms. The van der Waals surface area contributed by atoms with E-state index < -0.39 is 0 Å². The number of rotatable bonds is 4. The van der Waals surface area contributed by atoms with Crippen molar-refractivity contribution in [3.05, 3.63) is 50.1 Å². The van der Waals surface area contributed by atoms with Gasteiger partial charge < -0.3 is 5.32 Å². The standard InChI is InChI=1S/C14H16BrFN2S/c1-8-7-17-14(19-8)10(3)18-9(2)11-4-5-13(16)12(15)6-11/h4-7,9-10,18H,1-3H3. The maximum atomic E-state index is 13.2. The molecular weight excluding hydrogens is 327 g/mol. The largest absolute Gasteiger partial charge is 0.302 e. The fourth-order valence-electron chi connectivity index (χ4n) is 1.90. The van der Waals surface area contributed by atoms with Crippen LogP contribution in [0.5, 0.6) is 0 Å². The Labute approximate surface area is 125 Å². The van der Waals surface area contributed by atoms with Gasteiger partial charge in [-0.25, -0.2) is 9.37 Å². The predicted molar refractivity (Wildman–Crippen MR) is 80.9 cm³/mol. The molecule has 2 unspecified atom stereocenters. The number of halogens is 2. The van der Waals surface area contributed by atoms with E-state index in [9.17, 15) is 4.39 Å². The van der Waals surface area contributed by atoms with Crippen LogP contribution in [-0.2, 0) is 0 Å². The smallest absolute Gasteiger partial charge is 0.137 e. The normalized spacial score (nSPS) is 14.4. The van der Waals surface area contributed by atoms with Gasteiger partial charge in [0, 0.05) is 17.1 Å². The highest BCUT2D eigenvalue weighted by molar-refractivity contribution is 9.10. The Balaban J connectivity index is 2.07. The predicted octanol–water partition coefficient (Wildman–Crippen LogP) is 4.76. The molecule has 0 saturated heterocycles. The summed E-state index contributed by atoms with van der Waals surface area (Å²) >= 11 is 4.91. The van der Waals surface area contributed by atoms with Crippen LogP contribution in [0.2, 0.25) is 0 Å². The molecule has 102 valence electrons. The maximum absolute atomic E-state index is 13.2. The second-order valence-electron chi connectivity index (χ2n) is 4.59. The molecule has 0 spiro atoms. The summed E-state index contributed by atoms with van der Waals surface area (Å²) in [5.41, 5.74) is 1.05. The van der Waals surface area contributed by atoms with E-state index in [2.05, 4.69) is 40.1 Å². The SMILES string of the molecule is Cc1cnc(C(C)NC(C)c2ccc(F)c(Br)c2)s1. The minimum Gasteiger partial charge on any atom is -0.302 e. The topological polar surface area (TPSA) is 24.9 Å². The van der Waals surface area contributed by atoms with E-state index in [1.54, 1.807) is 17.4 Å². The first kappa shape index (κ1) is 14.6. The molecule has 5 heteroatoms. The zero-order valence-corrected chi connectivity index (χ0v) is 13.5. The number of aryl methyl sites for hydroxylation is 1. The Bertz CT molecular complexity index is 570. The van der Waals surface area contributed by atoms with E-state index in [0.717, 1.165) is 10.6 Å². The van der Waals surface area contributed by atoms with E-state index in [1.165, 1.54) is 10.9 Å². The molecule has 0 radical (unpaired) electrons. The summed E-state index contributed by atoms with van der Waals surface area (Å²) in [7, 11) is 0. The number of benzene rings is 1. The molecular formula is C14H16BrFN2S. The minimum atomic E-state index is -0.237. The molecule has 0 bridgehead atoms. The highest BCUT2D eigenvalue weighted by Crippen LogP contribution is 2.25. The van der Waals surface area contributed by atoms with Crippen molar-refractivity contribution in [2.45, 2.75) is 32.9 Å². The Hall–Kier alpha value is -0.780. The zero-order chi connectivity index (χ0) is 14.0. The Morgan fingerprint density at radius 2 is 2.05 bits per heavy atom. The highest BCUT2D eigenvalue weighted by Gasteiger charge is 2.14. The van der Waals surface area contributed by atoms with Gasteiger partial charge in [0.05, 0.1) is 10.5 Å². The molecule has 0 aliphatic carbocycles. The molecule has 1 N–H and O–H groups in total. The Morgan fingerprint density at radius 3 is 2.63 bits per heavy atom. The zero-order valence-electron chi connectivity index (χ0n) is 11.1. The first-order valence-corrected chi connectivity index (χ1v) is 7.71. The number of nitrogens with one attached hydrogen (secondary N) is 1. The van der Waals surface area contributed by atoms with E-state index in [0.29, 0.717) is 4.47 Å². The van der Waals surface area contributed by atoms with Crippen LogP contribution in [0.25, 0.3) is 0 Å². The number of aromatic nitrogens is 1. The maximum Gasteiger partial charge on any atom is 0.137 e. The summed E-state index contributed by atoms with van der Waals surface area (Å²) in [5.74, 6) is -0.237. The second-order valence-corrected chi connectivity index (χ2v) is 6.71. The van der Waals surface area contributed by atoms with Gasteiger partial charge >= 0.3 is 0 Å². The van der Waals surface area contributed by atoms with Crippen molar-refractivity contribution in [2.75, 3.05) is 0 Å². The monoisotopic (exact) mass is 342 g/mol. The molecule has 2 nitrogen and oxygen atoms in total. The lowest BCUT2D eigenvalue weighted by atomic mass is 10.1. The van der Waals surface area contributed by atoms with Gasteiger partial charge in [0.1, 0.15) is 10.8 Å². The second kappa shape index (κ2) is 6.11.